The van der Waals surface area contributed by atoms with Crippen LogP contribution in [-0.4, -0.2) is 47.2 Å². The molecule has 0 aromatic carbocycles. The molecule has 2 fully saturated rings. The molecule has 2 aliphatic rings. The molecule has 0 amide bonds. The van der Waals surface area contributed by atoms with Gasteiger partial charge in [-0.15, -0.1) is 0 Å². The van der Waals surface area contributed by atoms with Gasteiger partial charge < -0.3 is 14.8 Å². The van der Waals surface area contributed by atoms with E-state index in [0.717, 1.165) is 13.1 Å². The van der Waals surface area contributed by atoms with Gasteiger partial charge in [-0.1, -0.05) is 6.92 Å². The third-order valence-corrected chi connectivity index (χ3v) is 4.39. The maximum absolute atomic E-state index is 4.38. The lowest BCUT2D eigenvalue weighted by atomic mass is 9.97. The number of nitrogens with one attached hydrogen (secondary N) is 1. The Balaban J connectivity index is 1.63. The van der Waals surface area contributed by atoms with Crippen LogP contribution in [0.4, 0.5) is 0 Å². The minimum Gasteiger partial charge on any atom is -0.331 e. The molecule has 1 aromatic heterocycles. The summed E-state index contributed by atoms with van der Waals surface area (Å²) in [5.41, 5.74) is 1.45. The molecule has 2 aliphatic heterocycles. The molecule has 2 saturated heterocycles. The van der Waals surface area contributed by atoms with Crippen LogP contribution in [0.15, 0.2) is 12.5 Å². The van der Waals surface area contributed by atoms with Crippen LogP contribution in [0, 0.1) is 0 Å². The summed E-state index contributed by atoms with van der Waals surface area (Å²) < 4.78 is 2.45. The summed E-state index contributed by atoms with van der Waals surface area (Å²) >= 11 is 0. The van der Waals surface area contributed by atoms with Crippen LogP contribution in [0.25, 0.3) is 0 Å². The second-order valence-corrected chi connectivity index (χ2v) is 5.65. The van der Waals surface area contributed by atoms with E-state index in [1.165, 1.54) is 44.6 Å². The van der Waals surface area contributed by atoms with Gasteiger partial charge >= 0.3 is 0 Å². The molecule has 0 bridgehead atoms. The lowest BCUT2D eigenvalue weighted by Crippen LogP contribution is -2.42. The number of rotatable bonds is 4. The molecular weight excluding hydrogens is 224 g/mol. The van der Waals surface area contributed by atoms with E-state index in [2.05, 4.69) is 32.9 Å². The average molecular weight is 248 g/mol. The summed E-state index contributed by atoms with van der Waals surface area (Å²) in [7, 11) is 0. The molecule has 1 N–H and O–H groups in total. The Morgan fingerprint density at radius 1 is 1.33 bits per heavy atom. The zero-order valence-electron chi connectivity index (χ0n) is 11.3. The van der Waals surface area contributed by atoms with E-state index in [1.807, 2.05) is 6.33 Å². The SMILES string of the molecule is CCCN1CCC(n2cncc2C2CNC2)CC1. The number of aromatic nitrogens is 2. The Morgan fingerprint density at radius 3 is 2.72 bits per heavy atom. The van der Waals surface area contributed by atoms with E-state index in [9.17, 15) is 0 Å². The van der Waals surface area contributed by atoms with Gasteiger partial charge in [0.1, 0.15) is 0 Å². The minimum absolute atomic E-state index is 0.677. The van der Waals surface area contributed by atoms with Crippen molar-refractivity contribution in [3.8, 4) is 0 Å². The van der Waals surface area contributed by atoms with Crippen LogP contribution in [0.3, 0.4) is 0 Å². The highest BCUT2D eigenvalue weighted by Gasteiger charge is 2.27. The Kier molecular flexibility index (Phi) is 3.66. The zero-order valence-corrected chi connectivity index (χ0v) is 11.3. The quantitative estimate of drug-likeness (QED) is 0.879. The van der Waals surface area contributed by atoms with Crippen LogP contribution < -0.4 is 5.32 Å². The van der Waals surface area contributed by atoms with Crippen molar-refractivity contribution < 1.29 is 0 Å². The number of nitrogens with zero attached hydrogens (tertiary/aromatic N) is 3. The van der Waals surface area contributed by atoms with Crippen molar-refractivity contribution >= 4 is 0 Å². The van der Waals surface area contributed by atoms with Crippen molar-refractivity contribution in [2.24, 2.45) is 0 Å². The van der Waals surface area contributed by atoms with Crippen LogP contribution in [0.2, 0.25) is 0 Å². The Labute approximate surface area is 109 Å². The lowest BCUT2D eigenvalue weighted by molar-refractivity contribution is 0.183. The van der Waals surface area contributed by atoms with Gasteiger partial charge in [0.15, 0.2) is 0 Å². The molecule has 0 radical (unpaired) electrons. The summed E-state index contributed by atoms with van der Waals surface area (Å²) in [6.07, 6.45) is 7.96. The molecule has 100 valence electrons. The Hall–Kier alpha value is -0.870. The van der Waals surface area contributed by atoms with Gasteiger partial charge in [0.2, 0.25) is 0 Å². The van der Waals surface area contributed by atoms with E-state index < -0.39 is 0 Å². The standard InChI is InChI=1S/C14H24N4/c1-2-5-17-6-3-13(4-7-17)18-11-16-10-14(18)12-8-15-9-12/h10-13,15H,2-9H2,1H3. The number of likely N-dealkylation sites (tertiary alicyclic amines) is 1. The molecular formula is C14H24N4. The van der Waals surface area contributed by atoms with Crippen molar-refractivity contribution in [3.63, 3.8) is 0 Å². The maximum atomic E-state index is 4.38. The minimum atomic E-state index is 0.677. The summed E-state index contributed by atoms with van der Waals surface area (Å²) in [5.74, 6) is 0.696. The molecule has 0 aliphatic carbocycles. The maximum Gasteiger partial charge on any atom is 0.0950 e. The third-order valence-electron chi connectivity index (χ3n) is 4.39. The van der Waals surface area contributed by atoms with E-state index in [0.29, 0.717) is 12.0 Å². The molecule has 0 atom stereocenters. The van der Waals surface area contributed by atoms with Crippen molar-refractivity contribution in [1.29, 1.82) is 0 Å². The highest BCUT2D eigenvalue weighted by atomic mass is 15.2. The number of piperidine rings is 1. The van der Waals surface area contributed by atoms with Crippen LogP contribution in [0.5, 0.6) is 0 Å². The predicted molar refractivity (Wildman–Crippen MR) is 72.8 cm³/mol. The van der Waals surface area contributed by atoms with Gasteiger partial charge in [0.25, 0.3) is 0 Å². The Bertz CT molecular complexity index is 375. The molecule has 0 saturated carbocycles. The normalized spacial score (nSPS) is 23.2. The summed E-state index contributed by atoms with van der Waals surface area (Å²) in [5, 5.41) is 3.35. The predicted octanol–water partition coefficient (Wildman–Crippen LogP) is 1.62. The van der Waals surface area contributed by atoms with E-state index in [1.54, 1.807) is 0 Å². The molecule has 18 heavy (non-hydrogen) atoms. The molecule has 0 unspecified atom stereocenters. The Morgan fingerprint density at radius 2 is 2.11 bits per heavy atom. The first kappa shape index (κ1) is 12.2. The summed E-state index contributed by atoms with van der Waals surface area (Å²) in [4.78, 5) is 6.97. The smallest absolute Gasteiger partial charge is 0.0950 e. The fourth-order valence-electron chi connectivity index (χ4n) is 3.17. The number of imidazole rings is 1. The topological polar surface area (TPSA) is 33.1 Å². The van der Waals surface area contributed by atoms with Gasteiger partial charge in [0.05, 0.1) is 6.33 Å². The van der Waals surface area contributed by atoms with Crippen molar-refractivity contribution in [3.05, 3.63) is 18.2 Å². The van der Waals surface area contributed by atoms with E-state index in [-0.39, 0.29) is 0 Å². The zero-order chi connectivity index (χ0) is 12.4. The molecule has 3 heterocycles. The second kappa shape index (κ2) is 5.41. The van der Waals surface area contributed by atoms with Crippen LogP contribution >= 0.6 is 0 Å². The van der Waals surface area contributed by atoms with E-state index >= 15 is 0 Å². The summed E-state index contributed by atoms with van der Waals surface area (Å²) in [6, 6.07) is 0.677. The fraction of sp³-hybridized carbons (Fsp3) is 0.786. The number of hydrogen-bond donors (Lipinski definition) is 1. The first-order chi connectivity index (χ1) is 8.88. The largest absolute Gasteiger partial charge is 0.331 e. The van der Waals surface area contributed by atoms with Crippen molar-refractivity contribution in [2.75, 3.05) is 32.7 Å². The first-order valence-electron chi connectivity index (χ1n) is 7.33. The van der Waals surface area contributed by atoms with Gasteiger partial charge in [0, 0.05) is 50.0 Å². The molecule has 1 aromatic rings. The highest BCUT2D eigenvalue weighted by molar-refractivity contribution is 5.13. The lowest BCUT2D eigenvalue weighted by Gasteiger charge is -2.35. The molecule has 0 spiro atoms. The van der Waals surface area contributed by atoms with E-state index in [4.69, 9.17) is 0 Å². The monoisotopic (exact) mass is 248 g/mol. The molecule has 4 nitrogen and oxygen atoms in total. The third kappa shape index (κ3) is 2.31. The van der Waals surface area contributed by atoms with Gasteiger partial charge in [-0.3, -0.25) is 0 Å². The van der Waals surface area contributed by atoms with Crippen molar-refractivity contribution in [1.82, 2.24) is 19.8 Å². The fourth-order valence-corrected chi connectivity index (χ4v) is 3.17. The summed E-state index contributed by atoms with van der Waals surface area (Å²) in [6.45, 7) is 8.28. The van der Waals surface area contributed by atoms with Gasteiger partial charge in [-0.05, 0) is 25.8 Å². The highest BCUT2D eigenvalue weighted by Crippen LogP contribution is 2.28. The van der Waals surface area contributed by atoms with Crippen LogP contribution in [-0.2, 0) is 0 Å². The van der Waals surface area contributed by atoms with Gasteiger partial charge in [-0.25, -0.2) is 4.98 Å². The van der Waals surface area contributed by atoms with Crippen molar-refractivity contribution in [2.45, 2.75) is 38.1 Å². The first-order valence-corrected chi connectivity index (χ1v) is 7.33. The number of hydrogen-bond acceptors (Lipinski definition) is 3. The van der Waals surface area contributed by atoms with Gasteiger partial charge in [-0.2, -0.15) is 0 Å². The molecule has 4 heteroatoms. The second-order valence-electron chi connectivity index (χ2n) is 5.65. The average Bonchev–Trinajstić information content (AvgIpc) is 2.77. The molecule has 3 rings (SSSR count). The van der Waals surface area contributed by atoms with Crippen LogP contribution in [0.1, 0.15) is 43.8 Å².